The Morgan fingerprint density at radius 2 is 1.89 bits per heavy atom. The largest absolute Gasteiger partial charge is 0.325 e. The number of hydrogen-bond acceptors (Lipinski definition) is 4. The third-order valence-corrected chi connectivity index (χ3v) is 5.21. The Balaban J connectivity index is 1.56. The number of carbonyl (C=O) groups excluding carboxylic acids is 1. The molecule has 1 saturated heterocycles. The summed E-state index contributed by atoms with van der Waals surface area (Å²) in [6, 6.07) is 13.3. The maximum absolute atomic E-state index is 12.6. The number of benzene rings is 2. The van der Waals surface area contributed by atoms with Crippen LogP contribution in [0.2, 0.25) is 0 Å². The van der Waals surface area contributed by atoms with Crippen molar-refractivity contribution in [2.75, 3.05) is 18.4 Å². The van der Waals surface area contributed by atoms with E-state index in [2.05, 4.69) is 41.4 Å². The minimum Gasteiger partial charge on any atom is -0.325 e. The Bertz CT molecular complexity index is 842. The van der Waals surface area contributed by atoms with E-state index in [1.807, 2.05) is 0 Å². The van der Waals surface area contributed by atoms with E-state index >= 15 is 0 Å². The Morgan fingerprint density at radius 1 is 1.19 bits per heavy atom. The van der Waals surface area contributed by atoms with Gasteiger partial charge in [0.25, 0.3) is 5.69 Å². The molecule has 0 aromatic heterocycles. The van der Waals surface area contributed by atoms with E-state index in [0.717, 1.165) is 32.5 Å². The number of nitrogens with zero attached hydrogens (tertiary/aromatic N) is 2. The van der Waals surface area contributed by atoms with Crippen molar-refractivity contribution >= 4 is 17.3 Å². The molecule has 0 atom stereocenters. The maximum atomic E-state index is 12.6. The van der Waals surface area contributed by atoms with Gasteiger partial charge in [0.05, 0.1) is 16.2 Å². The lowest BCUT2D eigenvalue weighted by Crippen LogP contribution is -2.37. The zero-order valence-corrected chi connectivity index (χ0v) is 15.8. The minimum atomic E-state index is -0.422. The molecule has 27 heavy (non-hydrogen) atoms. The van der Waals surface area contributed by atoms with E-state index in [1.165, 1.54) is 17.2 Å². The average molecular weight is 367 g/mol. The van der Waals surface area contributed by atoms with Crippen LogP contribution in [0.4, 0.5) is 11.4 Å². The first kappa shape index (κ1) is 19.0. The first-order chi connectivity index (χ1) is 12.9. The van der Waals surface area contributed by atoms with Gasteiger partial charge in [0, 0.05) is 18.5 Å². The standard InChI is InChI=1S/C21H25N3O3/c1-15-5-3-6-17(13-15)14-23-11-9-18(10-12-23)21(25)22-19-7-4-8-20(16(19)2)24(26)27/h3-8,13,18H,9-12,14H2,1-2H3,(H,22,25). The molecular formula is C21H25N3O3. The number of amides is 1. The molecule has 1 amide bonds. The molecule has 6 heteroatoms. The van der Waals surface area contributed by atoms with Crippen molar-refractivity contribution in [2.24, 2.45) is 5.92 Å². The molecule has 142 valence electrons. The Morgan fingerprint density at radius 3 is 2.56 bits per heavy atom. The Hall–Kier alpha value is -2.73. The number of aryl methyl sites for hydroxylation is 1. The van der Waals surface area contributed by atoms with Crippen LogP contribution in [0.5, 0.6) is 0 Å². The fraction of sp³-hybridized carbons (Fsp3) is 0.381. The van der Waals surface area contributed by atoms with Gasteiger partial charge in [0.2, 0.25) is 5.91 Å². The highest BCUT2D eigenvalue weighted by Gasteiger charge is 2.26. The third-order valence-electron chi connectivity index (χ3n) is 5.21. The predicted molar refractivity (Wildman–Crippen MR) is 106 cm³/mol. The number of nitro groups is 1. The van der Waals surface area contributed by atoms with Crippen LogP contribution in [0.1, 0.15) is 29.5 Å². The lowest BCUT2D eigenvalue weighted by Gasteiger charge is -2.31. The van der Waals surface area contributed by atoms with Crippen molar-refractivity contribution in [1.29, 1.82) is 0 Å². The highest BCUT2D eigenvalue weighted by Crippen LogP contribution is 2.27. The van der Waals surface area contributed by atoms with Gasteiger partial charge in [-0.3, -0.25) is 19.8 Å². The van der Waals surface area contributed by atoms with Gasteiger partial charge in [0.15, 0.2) is 0 Å². The van der Waals surface area contributed by atoms with Crippen molar-refractivity contribution in [3.05, 3.63) is 69.3 Å². The number of rotatable bonds is 5. The first-order valence-corrected chi connectivity index (χ1v) is 9.27. The van der Waals surface area contributed by atoms with Gasteiger partial charge < -0.3 is 5.32 Å². The summed E-state index contributed by atoms with van der Waals surface area (Å²) >= 11 is 0. The minimum absolute atomic E-state index is 0.0285. The number of nitrogens with one attached hydrogen (secondary N) is 1. The van der Waals surface area contributed by atoms with Gasteiger partial charge in [-0.15, -0.1) is 0 Å². The molecule has 0 unspecified atom stereocenters. The summed E-state index contributed by atoms with van der Waals surface area (Å²) in [7, 11) is 0. The fourth-order valence-electron chi connectivity index (χ4n) is 3.61. The zero-order chi connectivity index (χ0) is 19.4. The zero-order valence-electron chi connectivity index (χ0n) is 15.8. The topological polar surface area (TPSA) is 75.5 Å². The maximum Gasteiger partial charge on any atom is 0.274 e. The van der Waals surface area contributed by atoms with Gasteiger partial charge in [-0.25, -0.2) is 0 Å². The second-order valence-corrected chi connectivity index (χ2v) is 7.24. The summed E-state index contributed by atoms with van der Waals surface area (Å²) in [4.78, 5) is 25.6. The molecule has 1 fully saturated rings. The van der Waals surface area contributed by atoms with E-state index in [1.54, 1.807) is 19.1 Å². The normalized spacial score (nSPS) is 15.5. The molecule has 0 aliphatic carbocycles. The smallest absolute Gasteiger partial charge is 0.274 e. The van der Waals surface area contributed by atoms with Crippen LogP contribution >= 0.6 is 0 Å². The van der Waals surface area contributed by atoms with Gasteiger partial charge in [-0.05, 0) is 51.4 Å². The molecular weight excluding hydrogens is 342 g/mol. The monoisotopic (exact) mass is 367 g/mol. The molecule has 1 aliphatic heterocycles. The lowest BCUT2D eigenvalue weighted by atomic mass is 9.95. The molecule has 2 aromatic carbocycles. The van der Waals surface area contributed by atoms with Crippen molar-refractivity contribution in [3.8, 4) is 0 Å². The molecule has 6 nitrogen and oxygen atoms in total. The van der Waals surface area contributed by atoms with E-state index in [9.17, 15) is 14.9 Å². The number of piperidine rings is 1. The predicted octanol–water partition coefficient (Wildman–Crippen LogP) is 4.06. The van der Waals surface area contributed by atoms with Gasteiger partial charge in [0.1, 0.15) is 0 Å². The van der Waals surface area contributed by atoms with Crippen molar-refractivity contribution in [3.63, 3.8) is 0 Å². The summed E-state index contributed by atoms with van der Waals surface area (Å²) in [5.74, 6) is -0.105. The fourth-order valence-corrected chi connectivity index (χ4v) is 3.61. The molecule has 1 N–H and O–H groups in total. The molecule has 0 spiro atoms. The summed E-state index contributed by atoms with van der Waals surface area (Å²) in [5.41, 5.74) is 3.60. The van der Waals surface area contributed by atoms with E-state index < -0.39 is 4.92 Å². The second-order valence-electron chi connectivity index (χ2n) is 7.24. The molecule has 3 rings (SSSR count). The third kappa shape index (κ3) is 4.71. The molecule has 1 heterocycles. The van der Waals surface area contributed by atoms with Crippen molar-refractivity contribution in [2.45, 2.75) is 33.2 Å². The van der Waals surface area contributed by atoms with E-state index in [-0.39, 0.29) is 17.5 Å². The second kappa shape index (κ2) is 8.31. The lowest BCUT2D eigenvalue weighted by molar-refractivity contribution is -0.385. The molecule has 1 aliphatic rings. The molecule has 0 saturated carbocycles. The number of anilines is 1. The SMILES string of the molecule is Cc1cccc(CN2CCC(C(=O)Nc3cccc([N+](=O)[O-])c3C)CC2)c1. The number of nitro benzene ring substituents is 1. The van der Waals surface area contributed by atoms with Crippen molar-refractivity contribution in [1.82, 2.24) is 4.90 Å². The Kier molecular flexibility index (Phi) is 5.86. The number of hydrogen-bond donors (Lipinski definition) is 1. The van der Waals surface area contributed by atoms with Crippen LogP contribution in [-0.2, 0) is 11.3 Å². The number of carbonyl (C=O) groups is 1. The average Bonchev–Trinajstić information content (AvgIpc) is 2.64. The summed E-state index contributed by atoms with van der Waals surface area (Å²) in [6.45, 7) is 6.41. The van der Waals surface area contributed by atoms with Gasteiger partial charge in [-0.2, -0.15) is 0 Å². The van der Waals surface area contributed by atoms with Crippen LogP contribution in [-0.4, -0.2) is 28.8 Å². The highest BCUT2D eigenvalue weighted by molar-refractivity contribution is 5.93. The quantitative estimate of drug-likeness (QED) is 0.639. The highest BCUT2D eigenvalue weighted by atomic mass is 16.6. The molecule has 2 aromatic rings. The van der Waals surface area contributed by atoms with Gasteiger partial charge >= 0.3 is 0 Å². The van der Waals surface area contributed by atoms with E-state index in [0.29, 0.717) is 11.3 Å². The van der Waals surface area contributed by atoms with Crippen LogP contribution in [0.3, 0.4) is 0 Å². The Labute approximate surface area is 159 Å². The van der Waals surface area contributed by atoms with Crippen LogP contribution < -0.4 is 5.32 Å². The molecule has 0 radical (unpaired) electrons. The summed E-state index contributed by atoms with van der Waals surface area (Å²) in [5, 5.41) is 13.9. The van der Waals surface area contributed by atoms with Crippen LogP contribution in [0.15, 0.2) is 42.5 Å². The van der Waals surface area contributed by atoms with E-state index in [4.69, 9.17) is 0 Å². The van der Waals surface area contributed by atoms with Crippen LogP contribution in [0.25, 0.3) is 0 Å². The van der Waals surface area contributed by atoms with Gasteiger partial charge in [-0.1, -0.05) is 35.9 Å². The first-order valence-electron chi connectivity index (χ1n) is 9.27. The summed E-state index contributed by atoms with van der Waals surface area (Å²) < 4.78 is 0. The number of likely N-dealkylation sites (tertiary alicyclic amines) is 1. The van der Waals surface area contributed by atoms with Crippen LogP contribution in [0, 0.1) is 29.9 Å². The summed E-state index contributed by atoms with van der Waals surface area (Å²) in [6.07, 6.45) is 1.59. The molecule has 0 bridgehead atoms. The van der Waals surface area contributed by atoms with Crippen molar-refractivity contribution < 1.29 is 9.72 Å².